The standard InChI is InChI=1S/C64H40N6/c1-9-29-53-41(19-1)42-20-2-10-30-54(42)67(53)61-37-17-27-49(63(61)69-57-33-13-5-23-45(57)46-24-6-14-34-58(46)69)51-39-52(66-40-65-51)50-28-18-38-62(68-55-31-11-3-21-43(55)44-22-4-12-32-56(44)68)64(50)70-59-35-15-7-25-47(59)48-26-8-16-36-60(48)70/h1-40H. The normalized spacial score (nSPS) is 12.0. The molecule has 6 nitrogen and oxygen atoms in total. The first-order valence-electron chi connectivity index (χ1n) is 23.8. The Bertz CT molecular complexity index is 4110. The molecule has 0 aliphatic rings. The van der Waals surface area contributed by atoms with Crippen LogP contribution in [0.3, 0.4) is 0 Å². The second-order valence-electron chi connectivity index (χ2n) is 18.1. The van der Waals surface area contributed by atoms with Crippen molar-refractivity contribution in [3.63, 3.8) is 0 Å². The van der Waals surface area contributed by atoms with Crippen molar-refractivity contribution in [2.45, 2.75) is 0 Å². The molecule has 0 amide bonds. The molecule has 5 heterocycles. The Balaban J connectivity index is 1.05. The Morgan fingerprint density at radius 1 is 0.229 bits per heavy atom. The fraction of sp³-hybridized carbons (Fsp3) is 0. The molecular weight excluding hydrogens is 853 g/mol. The van der Waals surface area contributed by atoms with Crippen LogP contribution in [0.5, 0.6) is 0 Å². The number of benzene rings is 10. The lowest BCUT2D eigenvalue weighted by atomic mass is 10.0. The number of nitrogens with zero attached hydrogens (tertiary/aromatic N) is 6. The van der Waals surface area contributed by atoms with Crippen LogP contribution in [-0.2, 0) is 0 Å². The number of aromatic nitrogens is 6. The van der Waals surface area contributed by atoms with Crippen LogP contribution in [0.25, 0.3) is 132 Å². The van der Waals surface area contributed by atoms with Gasteiger partial charge in [-0.25, -0.2) is 9.97 Å². The monoisotopic (exact) mass is 892 g/mol. The zero-order valence-electron chi connectivity index (χ0n) is 37.8. The van der Waals surface area contributed by atoms with Gasteiger partial charge in [-0.15, -0.1) is 0 Å². The average Bonchev–Trinajstić information content (AvgIpc) is 4.16. The van der Waals surface area contributed by atoms with Crippen molar-refractivity contribution in [3.8, 4) is 45.3 Å². The molecule has 0 radical (unpaired) electrons. The van der Waals surface area contributed by atoms with Crippen molar-refractivity contribution in [2.75, 3.05) is 0 Å². The van der Waals surface area contributed by atoms with Crippen LogP contribution >= 0.6 is 0 Å². The highest BCUT2D eigenvalue weighted by Gasteiger charge is 2.26. The molecule has 0 spiro atoms. The Hall–Kier alpha value is -9.52. The molecule has 0 unspecified atom stereocenters. The van der Waals surface area contributed by atoms with Crippen LogP contribution in [0.1, 0.15) is 0 Å². The molecule has 15 rings (SSSR count). The highest BCUT2D eigenvalue weighted by molar-refractivity contribution is 6.14. The van der Waals surface area contributed by atoms with E-state index in [9.17, 15) is 0 Å². The van der Waals surface area contributed by atoms with E-state index in [1.807, 2.05) is 0 Å². The van der Waals surface area contributed by atoms with Crippen molar-refractivity contribution >= 4 is 87.2 Å². The van der Waals surface area contributed by atoms with E-state index >= 15 is 0 Å². The van der Waals surface area contributed by atoms with Crippen LogP contribution < -0.4 is 0 Å². The van der Waals surface area contributed by atoms with Crippen molar-refractivity contribution in [1.29, 1.82) is 0 Å². The third-order valence-corrected chi connectivity index (χ3v) is 14.5. The van der Waals surface area contributed by atoms with E-state index in [0.29, 0.717) is 0 Å². The van der Waals surface area contributed by atoms with Gasteiger partial charge in [0.2, 0.25) is 0 Å². The molecule has 0 fully saturated rings. The van der Waals surface area contributed by atoms with Gasteiger partial charge in [0.15, 0.2) is 0 Å². The smallest absolute Gasteiger partial charge is 0.116 e. The number of fused-ring (bicyclic) bond motifs is 12. The predicted octanol–water partition coefficient (Wildman–Crippen LogP) is 16.2. The number of para-hydroxylation sites is 10. The molecule has 0 aliphatic heterocycles. The summed E-state index contributed by atoms with van der Waals surface area (Å²) in [6.45, 7) is 0. The van der Waals surface area contributed by atoms with Crippen LogP contribution in [0.15, 0.2) is 243 Å². The maximum absolute atomic E-state index is 5.21. The Morgan fingerprint density at radius 3 is 0.743 bits per heavy atom. The van der Waals surface area contributed by atoms with E-state index in [1.54, 1.807) is 6.33 Å². The quantitative estimate of drug-likeness (QED) is 0.167. The van der Waals surface area contributed by atoms with Gasteiger partial charge in [-0.05, 0) is 66.7 Å². The molecular formula is C64H40N6. The summed E-state index contributed by atoms with van der Waals surface area (Å²) in [5.41, 5.74) is 16.9. The molecule has 15 aromatic rings. The number of rotatable bonds is 6. The van der Waals surface area contributed by atoms with E-state index in [0.717, 1.165) is 89.4 Å². The molecule has 70 heavy (non-hydrogen) atoms. The second-order valence-corrected chi connectivity index (χ2v) is 18.1. The van der Waals surface area contributed by atoms with E-state index in [4.69, 9.17) is 9.97 Å². The lowest BCUT2D eigenvalue weighted by molar-refractivity contribution is 1.08. The molecule has 0 atom stereocenters. The highest BCUT2D eigenvalue weighted by atomic mass is 15.1. The highest BCUT2D eigenvalue weighted by Crippen LogP contribution is 2.45. The van der Waals surface area contributed by atoms with Gasteiger partial charge < -0.3 is 18.3 Å². The first-order chi connectivity index (χ1) is 34.8. The fourth-order valence-electron chi connectivity index (χ4n) is 11.6. The van der Waals surface area contributed by atoms with Crippen molar-refractivity contribution in [1.82, 2.24) is 28.2 Å². The number of hydrogen-bond donors (Lipinski definition) is 0. The first kappa shape index (κ1) is 38.6. The van der Waals surface area contributed by atoms with E-state index in [-0.39, 0.29) is 0 Å². The summed E-state index contributed by atoms with van der Waals surface area (Å²) in [4.78, 5) is 10.4. The SMILES string of the molecule is c1cc(-c2cc(-c3cccc(-n4c5ccccc5c5ccccc54)c3-n3c4ccccc4c4ccccc43)ncn2)c(-n2c3ccccc3c3ccccc32)c(-n2c3ccccc3c3ccccc32)c1. The third-order valence-electron chi connectivity index (χ3n) is 14.5. The maximum atomic E-state index is 5.21. The first-order valence-corrected chi connectivity index (χ1v) is 23.8. The van der Waals surface area contributed by atoms with Crippen LogP contribution in [0, 0.1) is 0 Å². The summed E-state index contributed by atoms with van der Waals surface area (Å²) in [5, 5.41) is 9.63. The van der Waals surface area contributed by atoms with Gasteiger partial charge in [0, 0.05) is 54.2 Å². The van der Waals surface area contributed by atoms with Gasteiger partial charge in [-0.1, -0.05) is 170 Å². The van der Waals surface area contributed by atoms with Crippen LogP contribution in [0.4, 0.5) is 0 Å². The molecule has 5 aromatic heterocycles. The summed E-state index contributed by atoms with van der Waals surface area (Å²) >= 11 is 0. The molecule has 0 aliphatic carbocycles. The summed E-state index contributed by atoms with van der Waals surface area (Å²) in [5.74, 6) is 0. The van der Waals surface area contributed by atoms with Crippen molar-refractivity contribution < 1.29 is 0 Å². The zero-order chi connectivity index (χ0) is 45.9. The minimum Gasteiger partial charge on any atom is -0.307 e. The van der Waals surface area contributed by atoms with E-state index in [1.165, 1.54) is 43.1 Å². The Labute approximate surface area is 401 Å². The fourth-order valence-corrected chi connectivity index (χ4v) is 11.6. The lowest BCUT2D eigenvalue weighted by Gasteiger charge is -2.21. The lowest BCUT2D eigenvalue weighted by Crippen LogP contribution is -2.07. The minimum atomic E-state index is 0.819. The van der Waals surface area contributed by atoms with E-state index < -0.39 is 0 Å². The summed E-state index contributed by atoms with van der Waals surface area (Å²) in [6, 6.07) is 85.5. The van der Waals surface area contributed by atoms with Gasteiger partial charge >= 0.3 is 0 Å². The molecule has 6 heteroatoms. The summed E-state index contributed by atoms with van der Waals surface area (Å²) in [6.07, 6.45) is 1.75. The van der Waals surface area contributed by atoms with E-state index in [2.05, 4.69) is 255 Å². The van der Waals surface area contributed by atoms with Crippen molar-refractivity contribution in [2.24, 2.45) is 0 Å². The average molecular weight is 893 g/mol. The van der Waals surface area contributed by atoms with Gasteiger partial charge in [0.1, 0.15) is 6.33 Å². The van der Waals surface area contributed by atoms with Crippen LogP contribution in [0.2, 0.25) is 0 Å². The second kappa shape index (κ2) is 15.0. The molecule has 10 aromatic carbocycles. The van der Waals surface area contributed by atoms with Crippen LogP contribution in [-0.4, -0.2) is 28.2 Å². The van der Waals surface area contributed by atoms with Gasteiger partial charge in [-0.2, -0.15) is 0 Å². The summed E-state index contributed by atoms with van der Waals surface area (Å²) in [7, 11) is 0. The Morgan fingerprint density at radius 2 is 0.471 bits per heavy atom. The molecule has 326 valence electrons. The topological polar surface area (TPSA) is 45.5 Å². The number of hydrogen-bond acceptors (Lipinski definition) is 2. The molecule has 0 saturated carbocycles. The molecule has 0 saturated heterocycles. The van der Waals surface area contributed by atoms with Gasteiger partial charge in [0.25, 0.3) is 0 Å². The zero-order valence-corrected chi connectivity index (χ0v) is 37.8. The molecule has 0 bridgehead atoms. The maximum Gasteiger partial charge on any atom is 0.116 e. The Kier molecular flexibility index (Phi) is 8.26. The predicted molar refractivity (Wildman–Crippen MR) is 290 cm³/mol. The third kappa shape index (κ3) is 5.44. The van der Waals surface area contributed by atoms with Gasteiger partial charge in [-0.3, -0.25) is 0 Å². The minimum absolute atomic E-state index is 0.819. The summed E-state index contributed by atoms with van der Waals surface area (Å²) < 4.78 is 9.77. The van der Waals surface area contributed by atoms with Gasteiger partial charge in [0.05, 0.1) is 78.3 Å². The van der Waals surface area contributed by atoms with Crippen molar-refractivity contribution in [3.05, 3.63) is 243 Å². The largest absolute Gasteiger partial charge is 0.307 e. The molecule has 0 N–H and O–H groups in total.